The lowest BCUT2D eigenvalue weighted by molar-refractivity contribution is -0.146. The minimum Gasteiger partial charge on any atom is -0.508 e. The highest BCUT2D eigenvalue weighted by atomic mass is 16.5. The number of ether oxygens (including phenoxy) is 4. The van der Waals surface area contributed by atoms with E-state index in [1.807, 2.05) is 0 Å². The van der Waals surface area contributed by atoms with Gasteiger partial charge in [-0.05, 0) is 125 Å². The van der Waals surface area contributed by atoms with Gasteiger partial charge in [-0.15, -0.1) is 0 Å². The molecule has 28 heteroatoms. The number of amides is 6. The van der Waals surface area contributed by atoms with Crippen LogP contribution < -0.4 is 46.1 Å². The van der Waals surface area contributed by atoms with Crippen LogP contribution in [-0.2, 0) is 38.3 Å². The molecule has 14 N–H and O–H groups in total. The number of aliphatic hydroxyl groups is 2. The van der Waals surface area contributed by atoms with Gasteiger partial charge < -0.3 is 91.7 Å². The zero-order valence-corrected chi connectivity index (χ0v) is 45.7. The Labute approximate surface area is 495 Å². The van der Waals surface area contributed by atoms with Gasteiger partial charge in [-0.1, -0.05) is 41.5 Å². The van der Waals surface area contributed by atoms with Crippen molar-refractivity contribution >= 4 is 41.4 Å². The summed E-state index contributed by atoms with van der Waals surface area (Å²) in [7, 11) is 0.968. The summed E-state index contributed by atoms with van der Waals surface area (Å²) < 4.78 is 23.5. The van der Waals surface area contributed by atoms with Gasteiger partial charge in [-0.3, -0.25) is 28.8 Å². The van der Waals surface area contributed by atoms with Gasteiger partial charge in [-0.25, -0.2) is 4.79 Å². The third-order valence-electron chi connectivity index (χ3n) is 15.1. The second-order valence-corrected chi connectivity index (χ2v) is 20.7. The first-order valence-electron chi connectivity index (χ1n) is 26.6. The molecule has 0 radical (unpaired) electrons. The Morgan fingerprint density at radius 3 is 1.58 bits per heavy atom. The Morgan fingerprint density at radius 1 is 0.500 bits per heavy atom. The van der Waals surface area contributed by atoms with Gasteiger partial charge in [0.15, 0.2) is 29.0 Å². The molecule has 0 aromatic heterocycles. The van der Waals surface area contributed by atoms with Crippen LogP contribution >= 0.6 is 0 Å². The average Bonchev–Trinajstić information content (AvgIpc) is 1.69. The maximum absolute atomic E-state index is 15.7. The predicted octanol–water partition coefficient (Wildman–Crippen LogP) is 4.92. The van der Waals surface area contributed by atoms with E-state index in [0.717, 1.165) is 67.8 Å². The lowest BCUT2D eigenvalue weighted by Gasteiger charge is -2.31. The number of hydrogen-bond acceptors (Lipinski definition) is 20. The van der Waals surface area contributed by atoms with Crippen molar-refractivity contribution < 1.29 is 93.4 Å². The molecule has 0 aliphatic carbocycles. The lowest BCUT2D eigenvalue weighted by Crippen LogP contribution is -2.55. The molecule has 88 heavy (non-hydrogen) atoms. The van der Waals surface area contributed by atoms with Gasteiger partial charge in [0.1, 0.15) is 88.7 Å². The lowest BCUT2D eigenvalue weighted by atomic mass is 9.89. The fourth-order valence-electron chi connectivity index (χ4n) is 10.5. The average molecular weight is 1200 g/mol. The first-order chi connectivity index (χ1) is 42.1. The van der Waals surface area contributed by atoms with E-state index in [1.165, 1.54) is 67.6 Å². The molecule has 6 aliphatic rings. The number of carbonyl (C=O) groups excluding carboxylic acids is 7. The van der Waals surface area contributed by atoms with Crippen molar-refractivity contribution in [2.24, 2.45) is 5.11 Å². The van der Waals surface area contributed by atoms with Crippen molar-refractivity contribution in [2.75, 3.05) is 7.11 Å². The van der Waals surface area contributed by atoms with E-state index in [1.54, 1.807) is 0 Å². The molecule has 28 nitrogen and oxygen atoms in total. The number of nitrogens with one attached hydrogen (secondary N) is 6. The molecule has 7 aromatic carbocycles. The first kappa shape index (κ1) is 58.1. The van der Waals surface area contributed by atoms with E-state index in [9.17, 15) is 60.8 Å². The third kappa shape index (κ3) is 10.9. The molecular weight excluding hydrogens is 1150 g/mol. The summed E-state index contributed by atoms with van der Waals surface area (Å²) in [6, 6.07) is 9.06. The first-order valence-corrected chi connectivity index (χ1v) is 26.6. The molecule has 17 bridgehead atoms. The minimum atomic E-state index is -2.17. The Bertz CT molecular complexity index is 4140. The van der Waals surface area contributed by atoms with E-state index in [-0.39, 0.29) is 73.1 Å². The number of methoxy groups -OCH3 is 1. The number of phenolic OH excluding ortho intramolecular Hbond substituents is 6. The summed E-state index contributed by atoms with van der Waals surface area (Å²) in [5.74, 6) is -14.4. The van der Waals surface area contributed by atoms with Gasteiger partial charge in [0.05, 0.1) is 7.11 Å². The molecule has 6 aliphatic heterocycles. The van der Waals surface area contributed by atoms with Crippen LogP contribution in [0.3, 0.4) is 0 Å². The van der Waals surface area contributed by atoms with Crippen LogP contribution in [0.2, 0.25) is 0 Å². The van der Waals surface area contributed by atoms with E-state index >= 15 is 19.2 Å². The van der Waals surface area contributed by atoms with Crippen molar-refractivity contribution in [3.63, 3.8) is 0 Å². The number of phenols is 6. The summed E-state index contributed by atoms with van der Waals surface area (Å²) in [6.45, 7) is 1.39. The normalized spacial score (nSPS) is 22.3. The molecule has 7 aromatic rings. The highest BCUT2D eigenvalue weighted by molar-refractivity contribution is 6.00. The number of aliphatic hydroxyl groups excluding tert-OH is 2. The summed E-state index contributed by atoms with van der Waals surface area (Å²) in [5.41, 5.74) is 7.51. The van der Waals surface area contributed by atoms with Crippen molar-refractivity contribution in [3.8, 4) is 80.1 Å². The number of nitrogens with zero attached hydrogens (tertiary/aromatic N) is 3. The predicted molar refractivity (Wildman–Crippen MR) is 300 cm³/mol. The molecule has 6 amide bonds. The van der Waals surface area contributed by atoms with Crippen LogP contribution in [0.1, 0.15) is 86.9 Å². The van der Waals surface area contributed by atoms with Crippen molar-refractivity contribution in [1.29, 1.82) is 0 Å². The number of esters is 1. The quantitative estimate of drug-likeness (QED) is 0.0473. The zero-order chi connectivity index (χ0) is 62.6. The number of carbonyl (C=O) groups is 7. The van der Waals surface area contributed by atoms with E-state index < -0.39 is 147 Å². The standard InChI is InChI=1S/C60H49N9O19/c1-23-37(73)16-28-18-39(23)88-40-17-27(8-14-36(40)72)47(68-69-61)57(81)67-49-51(75)24-3-9-31(10-4-24)86-41-19-29-20-42(53(41)77)87-32-11-5-25(6-12-32)52(76)50-59(83)65-48(60(84)85-2)34-21-30(70)22-38(74)43(34)33-15-26(7-13-35(33)71)44(54(78)66-50)62-56(80)46(29)63-55(79)45(28)64-58(49)82/h3-22,44-52,70-77H,1-2H3,(H,62,80)(H,63,79)(H,64,82)(H,65,83)(H,66,78)(H,67,81)/t44-,45+,46-,47-,48-,49-,50+,51-,52-/m1/s1. The topological polar surface area (TPSA) is 439 Å². The molecule has 0 saturated carbocycles. The molecule has 448 valence electrons. The second kappa shape index (κ2) is 23.0. The van der Waals surface area contributed by atoms with Crippen molar-refractivity contribution in [1.82, 2.24) is 31.9 Å². The smallest absolute Gasteiger partial charge is 0.333 e. The maximum atomic E-state index is 15.7. The minimum absolute atomic E-state index is 0.00237. The fraction of sp³-hybridized carbons (Fsp3) is 0.183. The SMILES string of the molecule is COC(=O)[C@@H]1NC(=O)[C@H]2NC(=O)[C@H](NC(=O)[C@@H]3NC(=O)[C@H]4NC(=O)[C@H](NC(=O)[C@H](N=[N+]=[N-])c5ccc(O)c(c5)Oc5cc4cc(O)c5C)[C@H](O)c4ccc(cc4)Oc4cc3cc(c4O)Oc3ccc(cc3)[C@H]2O)c2ccc(O)c(c2)-c2c(O)cc(O)cc21. The van der Waals surface area contributed by atoms with Crippen LogP contribution in [0, 0.1) is 6.92 Å². The Hall–Kier alpha value is -11.7. The Morgan fingerprint density at radius 2 is 0.989 bits per heavy atom. The number of fused-ring (bicyclic) bond motifs is 14. The number of aromatic hydroxyl groups is 6. The van der Waals surface area contributed by atoms with Crippen LogP contribution in [0.25, 0.3) is 21.6 Å². The zero-order valence-electron chi connectivity index (χ0n) is 45.7. The molecule has 0 fully saturated rings. The molecule has 13 rings (SSSR count). The van der Waals surface area contributed by atoms with Gasteiger partial charge >= 0.3 is 5.97 Å². The third-order valence-corrected chi connectivity index (χ3v) is 15.1. The highest BCUT2D eigenvalue weighted by Crippen LogP contribution is 2.47. The molecule has 9 atom stereocenters. The van der Waals surface area contributed by atoms with Crippen LogP contribution in [0.15, 0.2) is 126 Å². The largest absolute Gasteiger partial charge is 0.508 e. The van der Waals surface area contributed by atoms with Crippen LogP contribution in [0.5, 0.6) is 69.0 Å². The number of azide groups is 1. The monoisotopic (exact) mass is 1200 g/mol. The molecule has 0 spiro atoms. The molecular formula is C60H49N9O19. The molecule has 0 unspecified atom stereocenters. The summed E-state index contributed by atoms with van der Waals surface area (Å²) in [6.07, 6.45) is -4.02. The molecule has 0 saturated heterocycles. The second-order valence-electron chi connectivity index (χ2n) is 20.7. The van der Waals surface area contributed by atoms with Gasteiger partial charge in [0.2, 0.25) is 41.2 Å². The van der Waals surface area contributed by atoms with Crippen LogP contribution in [0.4, 0.5) is 0 Å². The Balaban J connectivity index is 1.14. The number of rotatable bonds is 2. The van der Waals surface area contributed by atoms with Crippen molar-refractivity contribution in [3.05, 3.63) is 176 Å². The molecule has 6 heterocycles. The van der Waals surface area contributed by atoms with Gasteiger partial charge in [0, 0.05) is 33.2 Å². The van der Waals surface area contributed by atoms with Gasteiger partial charge in [-0.2, -0.15) is 0 Å². The maximum Gasteiger partial charge on any atom is 0.333 e. The Kier molecular flexibility index (Phi) is 15.2. The summed E-state index contributed by atoms with van der Waals surface area (Å²) in [4.78, 5) is 107. The van der Waals surface area contributed by atoms with Gasteiger partial charge in [0.25, 0.3) is 0 Å². The van der Waals surface area contributed by atoms with E-state index in [2.05, 4.69) is 41.9 Å². The summed E-state index contributed by atoms with van der Waals surface area (Å²) in [5, 5.41) is 111. The van der Waals surface area contributed by atoms with E-state index in [4.69, 9.17) is 18.9 Å². The number of benzene rings is 7. The van der Waals surface area contributed by atoms with E-state index in [0.29, 0.717) is 0 Å². The fourth-order valence-corrected chi connectivity index (χ4v) is 10.5. The van der Waals surface area contributed by atoms with Crippen LogP contribution in [-0.4, -0.2) is 101 Å². The number of hydrogen-bond donors (Lipinski definition) is 14. The highest BCUT2D eigenvalue weighted by Gasteiger charge is 2.42. The van der Waals surface area contributed by atoms with Crippen molar-refractivity contribution in [2.45, 2.75) is 61.4 Å². The summed E-state index contributed by atoms with van der Waals surface area (Å²) >= 11 is 0.